The molecule has 0 saturated heterocycles. The summed E-state index contributed by atoms with van der Waals surface area (Å²) >= 11 is 0. The number of primary amides is 1. The van der Waals surface area contributed by atoms with Crippen LogP contribution in [0.5, 0.6) is 0 Å². The van der Waals surface area contributed by atoms with Gasteiger partial charge in [0.15, 0.2) is 0 Å². The van der Waals surface area contributed by atoms with Crippen molar-refractivity contribution in [1.82, 2.24) is 15.4 Å². The topological polar surface area (TPSA) is 218 Å². The van der Waals surface area contributed by atoms with Gasteiger partial charge in [-0.3, -0.25) is 19.8 Å². The van der Waals surface area contributed by atoms with E-state index in [1.165, 1.54) is 6.92 Å². The van der Waals surface area contributed by atoms with E-state index >= 15 is 0 Å². The molecule has 0 saturated carbocycles. The van der Waals surface area contributed by atoms with Gasteiger partial charge in [-0.05, 0) is 25.3 Å². The number of amides is 3. The minimum atomic E-state index is -3.83. The van der Waals surface area contributed by atoms with Gasteiger partial charge in [0, 0.05) is 18.5 Å². The summed E-state index contributed by atoms with van der Waals surface area (Å²) in [5.74, 6) is -2.56. The van der Waals surface area contributed by atoms with Crippen LogP contribution in [0.1, 0.15) is 44.2 Å². The predicted octanol–water partition coefficient (Wildman–Crippen LogP) is -1.58. The second kappa shape index (κ2) is 12.9. The minimum Gasteiger partial charge on any atom is -0.391 e. The van der Waals surface area contributed by atoms with Gasteiger partial charge in [-0.2, -0.15) is 0 Å². The van der Waals surface area contributed by atoms with Gasteiger partial charge in [-0.1, -0.05) is 31.2 Å². The highest BCUT2D eigenvalue weighted by molar-refractivity contribution is 7.89. The smallest absolute Gasteiger partial charge is 0.242 e. The molecule has 0 aliphatic heterocycles. The summed E-state index contributed by atoms with van der Waals surface area (Å²) in [6, 6.07) is 3.85. The number of amidine groups is 1. The van der Waals surface area contributed by atoms with Gasteiger partial charge in [0.2, 0.25) is 27.7 Å². The number of nitrogens with one attached hydrogen (secondary N) is 4. The standard InChI is InChI=1S/C20H32N6O6S/c1-3-10-33(31,32)26-17(12(2)27)20(30)25-15(8-9-16(21)28)19(29)24-11-13-4-6-14(7-5-13)18(22)23/h4-7,12,15,17,26-27H,3,8-11H2,1-2H3,(H2,21,28)(H3,22,23)(H,24,29)(H,25,30)/t12?,15-,17+/m0/s1. The number of hydrogen-bond acceptors (Lipinski definition) is 7. The molecule has 3 amide bonds. The molecule has 0 radical (unpaired) electrons. The van der Waals surface area contributed by atoms with E-state index in [0.29, 0.717) is 17.5 Å². The molecule has 13 heteroatoms. The molecule has 9 N–H and O–H groups in total. The maximum Gasteiger partial charge on any atom is 0.242 e. The number of nitrogens with two attached hydrogens (primary N) is 2. The number of carbonyl (C=O) groups excluding carboxylic acids is 3. The van der Waals surface area contributed by atoms with Crippen molar-refractivity contribution in [3.05, 3.63) is 35.4 Å². The van der Waals surface area contributed by atoms with Gasteiger partial charge in [0.1, 0.15) is 17.9 Å². The van der Waals surface area contributed by atoms with Crippen molar-refractivity contribution in [1.29, 1.82) is 5.41 Å². The molecule has 0 heterocycles. The maximum atomic E-state index is 12.7. The first-order valence-corrected chi connectivity index (χ1v) is 12.0. The molecule has 1 aromatic rings. The van der Waals surface area contributed by atoms with E-state index in [0.717, 1.165) is 0 Å². The molecule has 0 aliphatic carbocycles. The lowest BCUT2D eigenvalue weighted by atomic mass is 10.1. The molecule has 0 fully saturated rings. The number of nitrogen functional groups attached to an aromatic ring is 1. The Hall–Kier alpha value is -3.03. The van der Waals surface area contributed by atoms with E-state index < -0.39 is 45.9 Å². The van der Waals surface area contributed by atoms with E-state index in [4.69, 9.17) is 16.9 Å². The van der Waals surface area contributed by atoms with Crippen LogP contribution in [0.4, 0.5) is 0 Å². The number of rotatable bonds is 14. The number of aliphatic hydroxyl groups is 1. The number of aliphatic hydroxyl groups excluding tert-OH is 1. The molecule has 184 valence electrons. The molecule has 3 atom stereocenters. The number of hydrogen-bond donors (Lipinski definition) is 7. The van der Waals surface area contributed by atoms with Gasteiger partial charge >= 0.3 is 0 Å². The Balaban J connectivity index is 2.91. The fourth-order valence-electron chi connectivity index (χ4n) is 2.82. The van der Waals surface area contributed by atoms with Crippen LogP contribution in [-0.2, 0) is 31.0 Å². The summed E-state index contributed by atoms with van der Waals surface area (Å²) in [7, 11) is -3.83. The van der Waals surface area contributed by atoms with Crippen LogP contribution in [0.2, 0.25) is 0 Å². The van der Waals surface area contributed by atoms with Crippen molar-refractivity contribution >= 4 is 33.6 Å². The van der Waals surface area contributed by atoms with E-state index in [-0.39, 0.29) is 31.0 Å². The highest BCUT2D eigenvalue weighted by Crippen LogP contribution is 2.06. The third kappa shape index (κ3) is 9.97. The molecule has 0 aliphatic rings. The van der Waals surface area contributed by atoms with Gasteiger partial charge in [0.25, 0.3) is 0 Å². The van der Waals surface area contributed by atoms with Crippen molar-refractivity contribution in [2.24, 2.45) is 11.5 Å². The molecule has 0 aromatic heterocycles. The maximum absolute atomic E-state index is 12.7. The van der Waals surface area contributed by atoms with Gasteiger partial charge in [-0.25, -0.2) is 13.1 Å². The molecule has 1 aromatic carbocycles. The summed E-state index contributed by atoms with van der Waals surface area (Å²) in [4.78, 5) is 36.6. The number of benzene rings is 1. The van der Waals surface area contributed by atoms with E-state index in [1.54, 1.807) is 31.2 Å². The first-order chi connectivity index (χ1) is 15.4. The summed E-state index contributed by atoms with van der Waals surface area (Å²) < 4.78 is 26.2. The molecular formula is C20H32N6O6S. The summed E-state index contributed by atoms with van der Waals surface area (Å²) in [5, 5.41) is 22.3. The molecule has 1 unspecified atom stereocenters. The van der Waals surface area contributed by atoms with Crippen molar-refractivity contribution in [2.45, 2.75) is 57.8 Å². The molecule has 0 bridgehead atoms. The van der Waals surface area contributed by atoms with Gasteiger partial charge in [0.05, 0.1) is 11.9 Å². The van der Waals surface area contributed by atoms with Crippen molar-refractivity contribution in [3.63, 3.8) is 0 Å². The van der Waals surface area contributed by atoms with Crippen molar-refractivity contribution in [3.8, 4) is 0 Å². The Labute approximate surface area is 193 Å². The Morgan fingerprint density at radius 2 is 1.73 bits per heavy atom. The summed E-state index contributed by atoms with van der Waals surface area (Å²) in [5.41, 5.74) is 11.8. The van der Waals surface area contributed by atoms with E-state index in [1.807, 2.05) is 0 Å². The Bertz CT molecular complexity index is 948. The lowest BCUT2D eigenvalue weighted by molar-refractivity contribution is -0.131. The zero-order valence-electron chi connectivity index (χ0n) is 18.6. The monoisotopic (exact) mass is 484 g/mol. The van der Waals surface area contributed by atoms with Crippen LogP contribution < -0.4 is 26.8 Å². The summed E-state index contributed by atoms with van der Waals surface area (Å²) in [6.07, 6.45) is -1.39. The second-order valence-corrected chi connectivity index (χ2v) is 9.42. The first kappa shape index (κ1) is 28.0. The van der Waals surface area contributed by atoms with Crippen LogP contribution in [0.25, 0.3) is 0 Å². The van der Waals surface area contributed by atoms with Crippen molar-refractivity contribution < 1.29 is 27.9 Å². The minimum absolute atomic E-state index is 0.0862. The summed E-state index contributed by atoms with van der Waals surface area (Å²) in [6.45, 7) is 2.97. The highest BCUT2D eigenvalue weighted by Gasteiger charge is 2.31. The second-order valence-electron chi connectivity index (χ2n) is 7.55. The van der Waals surface area contributed by atoms with Crippen LogP contribution >= 0.6 is 0 Å². The molecular weight excluding hydrogens is 452 g/mol. The van der Waals surface area contributed by atoms with Crippen molar-refractivity contribution in [2.75, 3.05) is 5.75 Å². The third-order valence-corrected chi connectivity index (χ3v) is 6.15. The SMILES string of the molecule is CCCS(=O)(=O)N[C@@H](C(=O)N[C@@H](CCC(N)=O)C(=O)NCc1ccc(C(=N)N)cc1)C(C)O. The third-order valence-electron chi connectivity index (χ3n) is 4.59. The fourth-order valence-corrected chi connectivity index (χ4v) is 4.17. The van der Waals surface area contributed by atoms with Crippen LogP contribution in [0, 0.1) is 5.41 Å². The average Bonchev–Trinajstić information content (AvgIpc) is 2.73. The fraction of sp³-hybridized carbons (Fsp3) is 0.500. The van der Waals surface area contributed by atoms with Crippen LogP contribution in [0.15, 0.2) is 24.3 Å². The van der Waals surface area contributed by atoms with E-state index in [9.17, 15) is 27.9 Å². The van der Waals surface area contributed by atoms with Gasteiger partial charge < -0.3 is 27.2 Å². The lowest BCUT2D eigenvalue weighted by Gasteiger charge is -2.24. The normalized spacial score (nSPS) is 14.0. The Morgan fingerprint density at radius 1 is 1.12 bits per heavy atom. The average molecular weight is 485 g/mol. The predicted molar refractivity (Wildman–Crippen MR) is 122 cm³/mol. The largest absolute Gasteiger partial charge is 0.391 e. The quantitative estimate of drug-likeness (QED) is 0.121. The Morgan fingerprint density at radius 3 is 2.21 bits per heavy atom. The molecule has 12 nitrogen and oxygen atoms in total. The first-order valence-electron chi connectivity index (χ1n) is 10.3. The zero-order valence-corrected chi connectivity index (χ0v) is 19.4. The number of carbonyl (C=O) groups is 3. The lowest BCUT2D eigenvalue weighted by Crippen LogP contribution is -2.57. The van der Waals surface area contributed by atoms with E-state index in [2.05, 4.69) is 15.4 Å². The van der Waals surface area contributed by atoms with Crippen LogP contribution in [0.3, 0.4) is 0 Å². The zero-order chi connectivity index (χ0) is 25.2. The molecule has 0 spiro atoms. The van der Waals surface area contributed by atoms with Crippen LogP contribution in [-0.4, -0.2) is 61.0 Å². The molecule has 1 rings (SSSR count). The Kier molecular flexibility index (Phi) is 10.9. The van der Waals surface area contributed by atoms with Gasteiger partial charge in [-0.15, -0.1) is 0 Å². The molecule has 33 heavy (non-hydrogen) atoms. The highest BCUT2D eigenvalue weighted by atomic mass is 32.2. The number of sulfonamides is 1.